The van der Waals surface area contributed by atoms with E-state index in [0.29, 0.717) is 10.0 Å². The molecule has 6 heteroatoms. The predicted molar refractivity (Wildman–Crippen MR) is 69.8 cm³/mol. The van der Waals surface area contributed by atoms with Crippen LogP contribution < -0.4 is 4.74 Å². The monoisotopic (exact) mass is 350 g/mol. The fourth-order valence-electron chi connectivity index (χ4n) is 1.45. The normalized spacial score (nSPS) is 10.6. The average molecular weight is 352 g/mol. The highest BCUT2D eigenvalue weighted by molar-refractivity contribution is 9.10. The maximum Gasteiger partial charge on any atom is 0.200 e. The van der Waals surface area contributed by atoms with Gasteiger partial charge in [0.05, 0.1) is 0 Å². The molecule has 0 saturated heterocycles. The lowest BCUT2D eigenvalue weighted by Crippen LogP contribution is -2.00. The summed E-state index contributed by atoms with van der Waals surface area (Å²) in [6.07, 6.45) is 0. The number of halogens is 5. The second-order valence-electron chi connectivity index (χ2n) is 3.72. The lowest BCUT2D eigenvalue weighted by molar-refractivity contribution is 0.284. The maximum atomic E-state index is 13.4. The van der Waals surface area contributed by atoms with E-state index in [0.717, 1.165) is 6.07 Å². The SMILES string of the molecule is Fc1ccc(Cl)c(COc2cc(Br)cc(F)c2F)c1. The molecule has 2 rings (SSSR count). The molecule has 0 aromatic heterocycles. The molecule has 100 valence electrons. The van der Waals surface area contributed by atoms with E-state index in [1.54, 1.807) is 0 Å². The van der Waals surface area contributed by atoms with Gasteiger partial charge in [0, 0.05) is 15.1 Å². The molecule has 0 radical (unpaired) electrons. The molecule has 2 aromatic rings. The summed E-state index contributed by atoms with van der Waals surface area (Å²) in [6, 6.07) is 6.01. The summed E-state index contributed by atoms with van der Waals surface area (Å²) in [5.41, 5.74) is 0.349. The first kappa shape index (κ1) is 14.2. The van der Waals surface area contributed by atoms with Gasteiger partial charge in [-0.2, -0.15) is 4.39 Å². The molecule has 0 fully saturated rings. The summed E-state index contributed by atoms with van der Waals surface area (Å²) in [6.45, 7) is -0.163. The number of hydrogen-bond acceptors (Lipinski definition) is 1. The van der Waals surface area contributed by atoms with Crippen LogP contribution >= 0.6 is 27.5 Å². The topological polar surface area (TPSA) is 9.23 Å². The Labute approximate surface area is 121 Å². The molecule has 0 N–H and O–H groups in total. The first-order valence-corrected chi connectivity index (χ1v) is 6.35. The smallest absolute Gasteiger partial charge is 0.200 e. The maximum absolute atomic E-state index is 13.4. The summed E-state index contributed by atoms with van der Waals surface area (Å²) < 4.78 is 45.1. The highest BCUT2D eigenvalue weighted by Gasteiger charge is 2.12. The van der Waals surface area contributed by atoms with Crippen molar-refractivity contribution < 1.29 is 17.9 Å². The molecule has 0 aliphatic rings. The molecule has 0 bridgehead atoms. The van der Waals surface area contributed by atoms with Gasteiger partial charge in [-0.25, -0.2) is 8.78 Å². The molecule has 0 saturated carbocycles. The highest BCUT2D eigenvalue weighted by Crippen LogP contribution is 2.27. The zero-order valence-corrected chi connectivity index (χ0v) is 11.7. The summed E-state index contributed by atoms with van der Waals surface area (Å²) in [4.78, 5) is 0. The molecule has 0 aliphatic heterocycles. The quantitative estimate of drug-likeness (QED) is 0.699. The summed E-state index contributed by atoms with van der Waals surface area (Å²) in [5, 5.41) is 0.289. The highest BCUT2D eigenvalue weighted by atomic mass is 79.9. The Hall–Kier alpha value is -1.20. The van der Waals surface area contributed by atoms with E-state index in [2.05, 4.69) is 15.9 Å². The number of rotatable bonds is 3. The molecule has 0 unspecified atom stereocenters. The second kappa shape index (κ2) is 5.84. The first-order valence-electron chi connectivity index (χ1n) is 5.18. The molecule has 0 aliphatic carbocycles. The molecule has 0 heterocycles. The van der Waals surface area contributed by atoms with Crippen molar-refractivity contribution in [3.8, 4) is 5.75 Å². The van der Waals surface area contributed by atoms with Crippen LogP contribution in [-0.2, 0) is 6.61 Å². The fourth-order valence-corrected chi connectivity index (χ4v) is 2.03. The molecule has 0 atom stereocenters. The van der Waals surface area contributed by atoms with Crippen molar-refractivity contribution in [3.63, 3.8) is 0 Å². The Balaban J connectivity index is 2.21. The molecule has 0 amide bonds. The molecule has 0 spiro atoms. The van der Waals surface area contributed by atoms with Crippen LogP contribution in [0, 0.1) is 17.5 Å². The Morgan fingerprint density at radius 3 is 2.58 bits per heavy atom. The van der Waals surface area contributed by atoms with Crippen LogP contribution in [0.25, 0.3) is 0 Å². The molecular weight excluding hydrogens is 344 g/mol. The standard InChI is InChI=1S/C13H7BrClF3O/c14-8-4-11(17)13(18)12(5-8)19-6-7-3-9(16)1-2-10(7)15/h1-5H,6H2. The van der Waals surface area contributed by atoms with E-state index in [4.69, 9.17) is 16.3 Å². The van der Waals surface area contributed by atoms with E-state index in [1.165, 1.54) is 24.3 Å². The first-order chi connectivity index (χ1) is 8.97. The molecule has 1 nitrogen and oxygen atoms in total. The van der Waals surface area contributed by atoms with Crippen LogP contribution in [-0.4, -0.2) is 0 Å². The van der Waals surface area contributed by atoms with Gasteiger partial charge in [0.25, 0.3) is 0 Å². The third-order valence-electron chi connectivity index (χ3n) is 2.35. The molecule has 2 aromatic carbocycles. The minimum atomic E-state index is -1.10. The van der Waals surface area contributed by atoms with Crippen molar-refractivity contribution in [2.45, 2.75) is 6.61 Å². The molecule has 19 heavy (non-hydrogen) atoms. The lowest BCUT2D eigenvalue weighted by Gasteiger charge is -2.09. The van der Waals surface area contributed by atoms with E-state index in [9.17, 15) is 13.2 Å². The van der Waals surface area contributed by atoms with Gasteiger partial charge in [0.2, 0.25) is 5.82 Å². The fraction of sp³-hybridized carbons (Fsp3) is 0.0769. The zero-order chi connectivity index (χ0) is 14.0. The average Bonchev–Trinajstić information content (AvgIpc) is 2.35. The van der Waals surface area contributed by atoms with Crippen molar-refractivity contribution in [3.05, 3.63) is 62.8 Å². The van der Waals surface area contributed by atoms with E-state index in [-0.39, 0.29) is 17.4 Å². The predicted octanol–water partition coefficient (Wildman–Crippen LogP) is 5.10. The van der Waals surface area contributed by atoms with Crippen molar-refractivity contribution in [1.82, 2.24) is 0 Å². The Bertz CT molecular complexity index is 619. The zero-order valence-electron chi connectivity index (χ0n) is 9.39. The second-order valence-corrected chi connectivity index (χ2v) is 5.05. The minimum absolute atomic E-state index is 0.163. The van der Waals surface area contributed by atoms with E-state index < -0.39 is 17.5 Å². The third-order valence-corrected chi connectivity index (χ3v) is 3.18. The van der Waals surface area contributed by atoms with Gasteiger partial charge in [-0.3, -0.25) is 0 Å². The van der Waals surface area contributed by atoms with Crippen molar-refractivity contribution in [2.24, 2.45) is 0 Å². The minimum Gasteiger partial charge on any atom is -0.486 e. The Kier molecular flexibility index (Phi) is 4.37. The number of hydrogen-bond donors (Lipinski definition) is 0. The van der Waals surface area contributed by atoms with Crippen molar-refractivity contribution in [1.29, 1.82) is 0 Å². The van der Waals surface area contributed by atoms with Gasteiger partial charge in [0.15, 0.2) is 11.6 Å². The third kappa shape index (κ3) is 3.42. The summed E-state index contributed by atoms with van der Waals surface area (Å²) in [5.74, 6) is -2.89. The summed E-state index contributed by atoms with van der Waals surface area (Å²) >= 11 is 8.87. The molecular formula is C13H7BrClF3O. The number of benzene rings is 2. The van der Waals surface area contributed by atoms with E-state index in [1.807, 2.05) is 0 Å². The van der Waals surface area contributed by atoms with Crippen molar-refractivity contribution in [2.75, 3.05) is 0 Å². The van der Waals surface area contributed by atoms with Gasteiger partial charge in [0.1, 0.15) is 12.4 Å². The largest absolute Gasteiger partial charge is 0.486 e. The van der Waals surface area contributed by atoms with Crippen LogP contribution in [0.15, 0.2) is 34.8 Å². The van der Waals surface area contributed by atoms with Gasteiger partial charge in [-0.1, -0.05) is 27.5 Å². The van der Waals surface area contributed by atoms with Gasteiger partial charge in [-0.15, -0.1) is 0 Å². The summed E-state index contributed by atoms with van der Waals surface area (Å²) in [7, 11) is 0. The van der Waals surface area contributed by atoms with Crippen LogP contribution in [0.5, 0.6) is 5.75 Å². The van der Waals surface area contributed by atoms with Crippen LogP contribution in [0.1, 0.15) is 5.56 Å². The Morgan fingerprint density at radius 2 is 1.84 bits per heavy atom. The van der Waals surface area contributed by atoms with Gasteiger partial charge < -0.3 is 4.74 Å². The van der Waals surface area contributed by atoms with Crippen LogP contribution in [0.2, 0.25) is 5.02 Å². The number of ether oxygens (including phenoxy) is 1. The van der Waals surface area contributed by atoms with Crippen molar-refractivity contribution >= 4 is 27.5 Å². The van der Waals surface area contributed by atoms with Crippen LogP contribution in [0.3, 0.4) is 0 Å². The van der Waals surface area contributed by atoms with Gasteiger partial charge in [-0.05, 0) is 30.3 Å². The lowest BCUT2D eigenvalue weighted by atomic mass is 10.2. The van der Waals surface area contributed by atoms with Crippen LogP contribution in [0.4, 0.5) is 13.2 Å². The van der Waals surface area contributed by atoms with E-state index >= 15 is 0 Å². The van der Waals surface area contributed by atoms with Gasteiger partial charge >= 0.3 is 0 Å². The Morgan fingerprint density at radius 1 is 1.11 bits per heavy atom.